The van der Waals surface area contributed by atoms with Gasteiger partial charge in [0.05, 0.1) is 5.69 Å². The van der Waals surface area contributed by atoms with E-state index >= 15 is 0 Å². The van der Waals surface area contributed by atoms with E-state index in [2.05, 4.69) is 313 Å². The molecule has 0 spiro atoms. The highest BCUT2D eigenvalue weighted by Crippen LogP contribution is 2.59. The van der Waals surface area contributed by atoms with E-state index in [-0.39, 0.29) is 55.4 Å². The molecule has 8 aromatic rings. The SMILES string of the molecule is CC(C)(C)c1ccc(N(c2ccc(C(C)(C)C)cc2)c2ccc3c(c2)N(c2ccc(C(C)(C)C)c4c2C(C)(C)c2ccccc2-4)c2cc(C(C)(C)C)cc4c2B3c2cc3c(cc2N4c2ccc4c(c2)C(C)(C)CCC4(C)C)C(C)(C)CCC3(C)C)cc1. The number of hydrogen-bond acceptors (Lipinski definition) is 3. The van der Waals surface area contributed by atoms with Crippen molar-refractivity contribution < 1.29 is 0 Å². The highest BCUT2D eigenvalue weighted by molar-refractivity contribution is 7.00. The van der Waals surface area contributed by atoms with Gasteiger partial charge in [0, 0.05) is 50.9 Å². The Kier molecular flexibility index (Phi) is 13.0. The average molecular weight is 1150 g/mol. The fourth-order valence-electron chi connectivity index (χ4n) is 16.2. The molecule has 0 amide bonds. The lowest BCUT2D eigenvalue weighted by atomic mass is 9.33. The van der Waals surface area contributed by atoms with Gasteiger partial charge in [-0.2, -0.15) is 0 Å². The van der Waals surface area contributed by atoms with Crippen molar-refractivity contribution in [3.8, 4) is 11.1 Å². The third kappa shape index (κ3) is 9.31. The summed E-state index contributed by atoms with van der Waals surface area (Å²) in [5, 5.41) is 0. The second kappa shape index (κ2) is 19.1. The third-order valence-corrected chi connectivity index (χ3v) is 22.0. The molecule has 0 fully saturated rings. The van der Waals surface area contributed by atoms with Crippen molar-refractivity contribution in [1.29, 1.82) is 0 Å². The molecule has 0 aromatic heterocycles. The summed E-state index contributed by atoms with van der Waals surface area (Å²) >= 11 is 0. The van der Waals surface area contributed by atoms with Crippen molar-refractivity contribution in [1.82, 2.24) is 0 Å². The van der Waals surface area contributed by atoms with Crippen LogP contribution in [0.15, 0.2) is 146 Å². The molecule has 448 valence electrons. The zero-order valence-electron chi connectivity index (χ0n) is 57.1. The van der Waals surface area contributed by atoms with E-state index in [1.54, 1.807) is 0 Å². The quantitative estimate of drug-likeness (QED) is 0.159. The number of anilines is 9. The highest BCUT2D eigenvalue weighted by Gasteiger charge is 2.50. The number of hydrogen-bond donors (Lipinski definition) is 0. The van der Waals surface area contributed by atoms with Gasteiger partial charge in [0.1, 0.15) is 0 Å². The molecule has 3 nitrogen and oxygen atoms in total. The largest absolute Gasteiger partial charge is 0.311 e. The average Bonchev–Trinajstić information content (AvgIpc) is 1.48. The fourth-order valence-corrected chi connectivity index (χ4v) is 16.2. The van der Waals surface area contributed by atoms with Gasteiger partial charge in [-0.15, -0.1) is 0 Å². The van der Waals surface area contributed by atoms with Gasteiger partial charge in [-0.25, -0.2) is 0 Å². The van der Waals surface area contributed by atoms with E-state index in [4.69, 9.17) is 0 Å². The molecule has 0 saturated heterocycles. The van der Waals surface area contributed by atoms with Crippen molar-refractivity contribution >= 4 is 74.3 Å². The summed E-state index contributed by atoms with van der Waals surface area (Å²) in [5.41, 5.74) is 31.6. The zero-order valence-corrected chi connectivity index (χ0v) is 57.1. The predicted octanol–water partition coefficient (Wildman–Crippen LogP) is 21.4. The number of benzene rings is 8. The van der Waals surface area contributed by atoms with Crippen LogP contribution in [-0.2, 0) is 48.7 Å². The molecule has 0 N–H and O–H groups in total. The first-order valence-corrected chi connectivity index (χ1v) is 33.0. The van der Waals surface area contributed by atoms with Crippen LogP contribution in [0.1, 0.15) is 234 Å². The van der Waals surface area contributed by atoms with Gasteiger partial charge < -0.3 is 14.7 Å². The van der Waals surface area contributed by atoms with Crippen molar-refractivity contribution in [3.63, 3.8) is 0 Å². The number of nitrogens with zero attached hydrogens (tertiary/aromatic N) is 3. The van der Waals surface area contributed by atoms with E-state index in [9.17, 15) is 0 Å². The molecule has 0 unspecified atom stereocenters. The molecule has 0 radical (unpaired) electrons. The van der Waals surface area contributed by atoms with Crippen LogP contribution >= 0.6 is 0 Å². The molecule has 0 bridgehead atoms. The highest BCUT2D eigenvalue weighted by atomic mass is 15.2. The molecule has 0 atom stereocenters. The van der Waals surface area contributed by atoms with E-state index in [1.165, 1.54) is 124 Å². The number of fused-ring (bicyclic) bond motifs is 9. The summed E-state index contributed by atoms with van der Waals surface area (Å²) in [4.78, 5) is 8.05. The lowest BCUT2D eigenvalue weighted by Gasteiger charge is -2.49. The van der Waals surface area contributed by atoms with Gasteiger partial charge in [0.2, 0.25) is 0 Å². The van der Waals surface area contributed by atoms with Crippen molar-refractivity contribution in [2.45, 2.75) is 227 Å². The third-order valence-electron chi connectivity index (χ3n) is 22.0. The van der Waals surface area contributed by atoms with Crippen LogP contribution in [-0.4, -0.2) is 6.71 Å². The molecular weight excluding hydrogens is 1050 g/mol. The van der Waals surface area contributed by atoms with Crippen molar-refractivity contribution in [2.24, 2.45) is 0 Å². The summed E-state index contributed by atoms with van der Waals surface area (Å²) in [6.07, 6.45) is 4.65. The lowest BCUT2D eigenvalue weighted by molar-refractivity contribution is 0.332. The van der Waals surface area contributed by atoms with Crippen LogP contribution in [0.4, 0.5) is 51.2 Å². The van der Waals surface area contributed by atoms with Crippen LogP contribution in [0.5, 0.6) is 0 Å². The summed E-state index contributed by atoms with van der Waals surface area (Å²) < 4.78 is 0. The summed E-state index contributed by atoms with van der Waals surface area (Å²) in [5.74, 6) is 0. The molecule has 4 heteroatoms. The molecule has 5 aliphatic rings. The van der Waals surface area contributed by atoms with Crippen LogP contribution in [0.25, 0.3) is 11.1 Å². The zero-order chi connectivity index (χ0) is 62.5. The summed E-state index contributed by atoms with van der Waals surface area (Å²) in [7, 11) is 0. The monoisotopic (exact) mass is 1150 g/mol. The smallest absolute Gasteiger partial charge is 0.252 e. The molecule has 0 saturated carbocycles. The van der Waals surface area contributed by atoms with Crippen LogP contribution in [0, 0.1) is 0 Å². The Labute approximate surface area is 525 Å². The standard InChI is InChI=1S/C83H98BN3/c1-75(2,3)51-27-31-54(32-28-51)85(55-33-29-52(30-34-55)76(4,5)6)57-36-39-65-68(48-57)87(67-40-38-61(78(10,11)12)72-58-25-23-24-26-59(58)83(21,22)73(67)72)71-46-53(77(7,8)9)45-70-74(71)84(65)66-49-63-64(82(19,20)44-43-81(63,17)18)50-69(66)86(70)56-35-37-60-62(47-56)80(15,16)42-41-79(60,13)14/h23-40,45-50H,41-44H2,1-22H3. The molecule has 8 aromatic carbocycles. The Morgan fingerprint density at radius 2 is 0.851 bits per heavy atom. The fraction of sp³-hybridized carbons (Fsp3) is 0.422. The minimum atomic E-state index is -0.311. The topological polar surface area (TPSA) is 9.72 Å². The molecule has 87 heavy (non-hydrogen) atoms. The Morgan fingerprint density at radius 1 is 0.368 bits per heavy atom. The van der Waals surface area contributed by atoms with Crippen molar-refractivity contribution in [2.75, 3.05) is 14.7 Å². The minimum Gasteiger partial charge on any atom is -0.311 e. The van der Waals surface area contributed by atoms with Gasteiger partial charge in [-0.1, -0.05) is 225 Å². The second-order valence-corrected chi connectivity index (χ2v) is 34.5. The van der Waals surface area contributed by atoms with E-state index in [0.717, 1.165) is 36.3 Å². The Hall–Kier alpha value is -6.78. The summed E-state index contributed by atoms with van der Waals surface area (Å²) in [6, 6.07) is 59.0. The number of rotatable bonds is 5. The molecule has 3 aliphatic carbocycles. The molecule has 2 aliphatic heterocycles. The first kappa shape index (κ1) is 59.2. The van der Waals surface area contributed by atoms with Crippen LogP contribution in [0.3, 0.4) is 0 Å². The van der Waals surface area contributed by atoms with E-state index in [0.29, 0.717) is 0 Å². The van der Waals surface area contributed by atoms with Crippen molar-refractivity contribution in [3.05, 3.63) is 201 Å². The van der Waals surface area contributed by atoms with Gasteiger partial charge in [-0.3, -0.25) is 0 Å². The van der Waals surface area contributed by atoms with Crippen LogP contribution < -0.4 is 31.1 Å². The first-order chi connectivity index (χ1) is 40.4. The Morgan fingerprint density at radius 3 is 1.39 bits per heavy atom. The van der Waals surface area contributed by atoms with Gasteiger partial charge in [0.25, 0.3) is 6.71 Å². The Balaban J connectivity index is 1.18. The normalized spacial score (nSPS) is 18.2. The molecule has 2 heterocycles. The predicted molar refractivity (Wildman–Crippen MR) is 378 cm³/mol. The summed E-state index contributed by atoms with van der Waals surface area (Å²) in [6.45, 7) is 53.2. The van der Waals surface area contributed by atoms with Gasteiger partial charge in [0.15, 0.2) is 0 Å². The maximum Gasteiger partial charge on any atom is 0.252 e. The minimum absolute atomic E-state index is 0.000248. The van der Waals surface area contributed by atoms with Gasteiger partial charge in [-0.05, 0) is 225 Å². The maximum absolute atomic E-state index is 2.78. The maximum atomic E-state index is 2.78. The molecule has 13 rings (SSSR count). The van der Waals surface area contributed by atoms with Gasteiger partial charge >= 0.3 is 0 Å². The first-order valence-electron chi connectivity index (χ1n) is 33.0. The lowest BCUT2D eigenvalue weighted by Crippen LogP contribution is -2.62. The van der Waals surface area contributed by atoms with Crippen LogP contribution in [0.2, 0.25) is 0 Å². The van der Waals surface area contributed by atoms with E-state index in [1.807, 2.05) is 0 Å². The molecular formula is C83H98BN3. The Bertz CT molecular complexity index is 4060. The van der Waals surface area contributed by atoms with E-state index < -0.39 is 0 Å². The second-order valence-electron chi connectivity index (χ2n) is 34.5.